The fourth-order valence-electron chi connectivity index (χ4n) is 1.51. The second-order valence-electron chi connectivity index (χ2n) is 3.92. The van der Waals surface area contributed by atoms with Crippen LogP contribution >= 0.6 is 0 Å². The van der Waals surface area contributed by atoms with Crippen LogP contribution in [0.2, 0.25) is 0 Å². The first kappa shape index (κ1) is 22.1. The molecule has 0 unspecified atom stereocenters. The Bertz CT molecular complexity index is 540. The maximum absolute atomic E-state index is 13.3. The Morgan fingerprint density at radius 1 is 0.545 bits per heavy atom. The van der Waals surface area contributed by atoms with Crippen molar-refractivity contribution in [1.29, 1.82) is 0 Å². The topological polar surface area (TPSA) is 57.2 Å². The van der Waals surface area contributed by atoms with Gasteiger partial charge < -0.3 is 4.55 Å². The molecule has 0 aromatic heterocycles. The van der Waals surface area contributed by atoms with Gasteiger partial charge in [-0.15, -0.1) is 0 Å². The predicted molar refractivity (Wildman–Crippen MR) is 38.3 cm³/mol. The van der Waals surface area contributed by atoms with E-state index < -0.39 is 44.7 Å². The molecule has 3 nitrogen and oxygen atoms in total. The van der Waals surface area contributed by atoms with Gasteiger partial charge in [-0.25, -0.2) is 12.8 Å². The van der Waals surface area contributed by atoms with E-state index in [1.165, 1.54) is 0 Å². The van der Waals surface area contributed by atoms with Crippen molar-refractivity contribution >= 4 is 10.1 Å². The van der Waals surface area contributed by atoms with Crippen molar-refractivity contribution in [3.05, 3.63) is 0 Å². The zero-order chi connectivity index (χ0) is 17.5. The number of alkyl halides is 11. The molecule has 126 valence electrons. The smallest absolute Gasteiger partial charge is 0.745 e. The van der Waals surface area contributed by atoms with Gasteiger partial charge in [0.2, 0.25) is 0 Å². The number of hydrogen-bond donors (Lipinski definition) is 0. The molecule has 0 N–H and O–H groups in total. The molecular weight excluding hydrogens is 384 g/mol. The van der Waals surface area contributed by atoms with Crippen LogP contribution in [0.5, 0.6) is 0 Å². The summed E-state index contributed by atoms with van der Waals surface area (Å²) in [5.74, 6) is -38.0. The Hall–Kier alpha value is 0.140. The molecule has 1 fully saturated rings. The average Bonchev–Trinajstić information content (AvgIpc) is 2.23. The zero-order valence-corrected chi connectivity index (χ0v) is 12.6. The molecule has 0 aromatic carbocycles. The summed E-state index contributed by atoms with van der Waals surface area (Å²) in [6, 6.07) is 0. The first-order valence-electron chi connectivity index (χ1n) is 4.28. The van der Waals surface area contributed by atoms with Gasteiger partial charge in [-0.3, -0.25) is 0 Å². The Kier molecular flexibility index (Phi) is 4.86. The van der Waals surface area contributed by atoms with Gasteiger partial charge in [-0.2, -0.15) is 43.9 Å². The van der Waals surface area contributed by atoms with Gasteiger partial charge in [0.25, 0.3) is 0 Å². The second kappa shape index (κ2) is 4.83. The van der Waals surface area contributed by atoms with Crippen LogP contribution in [0, 0.1) is 0 Å². The molecule has 0 saturated heterocycles. The molecule has 22 heavy (non-hydrogen) atoms. The molecule has 1 aliphatic carbocycles. The van der Waals surface area contributed by atoms with Gasteiger partial charge in [-0.1, -0.05) is 0 Å². The monoisotopic (exact) mass is 384 g/mol. The first-order valence-corrected chi connectivity index (χ1v) is 5.69. The Morgan fingerprint density at radius 2 is 0.727 bits per heavy atom. The number of halogens is 11. The van der Waals surface area contributed by atoms with Crippen LogP contribution < -0.4 is 29.6 Å². The summed E-state index contributed by atoms with van der Waals surface area (Å²) in [7, 11) is -7.94. The van der Waals surface area contributed by atoms with Gasteiger partial charge in [0, 0.05) is 0 Å². The fourth-order valence-corrected chi connectivity index (χ4v) is 2.39. The van der Waals surface area contributed by atoms with Gasteiger partial charge >= 0.3 is 64.2 Å². The van der Waals surface area contributed by atoms with Crippen molar-refractivity contribution in [2.75, 3.05) is 0 Å². The van der Waals surface area contributed by atoms with E-state index in [2.05, 4.69) is 0 Å². The average molecular weight is 384 g/mol. The Labute approximate surface area is 135 Å². The molecule has 1 saturated carbocycles. The normalized spacial score (nSPS) is 30.2. The zero-order valence-electron chi connectivity index (χ0n) is 9.79. The fraction of sp³-hybridized carbons (Fsp3) is 1.00. The van der Waals surface area contributed by atoms with Crippen molar-refractivity contribution in [2.24, 2.45) is 0 Å². The number of hydrogen-bond acceptors (Lipinski definition) is 3. The summed E-state index contributed by atoms with van der Waals surface area (Å²) < 4.78 is 171. The van der Waals surface area contributed by atoms with Crippen molar-refractivity contribution in [3.8, 4) is 0 Å². The quantitative estimate of drug-likeness (QED) is 0.345. The summed E-state index contributed by atoms with van der Waals surface area (Å²) >= 11 is 0. The summed E-state index contributed by atoms with van der Waals surface area (Å²) in [4.78, 5) is 0. The minimum absolute atomic E-state index is 0. The Balaban J connectivity index is 0.00000441. The second-order valence-corrected chi connectivity index (χ2v) is 5.39. The largest absolute Gasteiger partial charge is 1.00 e. The van der Waals surface area contributed by atoms with Gasteiger partial charge in [0.05, 0.1) is 0 Å². The first-order chi connectivity index (χ1) is 8.75. The molecule has 1 rings (SSSR count). The van der Waals surface area contributed by atoms with Crippen molar-refractivity contribution < 1.29 is 90.8 Å². The molecule has 0 spiro atoms. The van der Waals surface area contributed by atoms with Crippen molar-refractivity contribution in [1.82, 2.24) is 0 Å². The van der Waals surface area contributed by atoms with E-state index in [1.807, 2.05) is 0 Å². The standard InChI is InChI=1S/C6HF11O3S.Na/c7-1(8)2(9,10)4(13,14)6(17,21(18,19)20)5(15,16)3(1,11)12;/h(H,18,19,20);/q;+1/p-1. The van der Waals surface area contributed by atoms with Crippen LogP contribution in [0.4, 0.5) is 48.3 Å². The molecule has 0 aromatic rings. The van der Waals surface area contributed by atoms with Crippen molar-refractivity contribution in [3.63, 3.8) is 0 Å². The van der Waals surface area contributed by atoms with E-state index in [9.17, 15) is 61.3 Å². The molecule has 0 atom stereocenters. The van der Waals surface area contributed by atoms with Crippen LogP contribution in [0.3, 0.4) is 0 Å². The third kappa shape index (κ3) is 1.85. The van der Waals surface area contributed by atoms with E-state index in [1.54, 1.807) is 0 Å². The number of rotatable bonds is 1. The third-order valence-corrected chi connectivity index (χ3v) is 3.93. The van der Waals surface area contributed by atoms with Gasteiger partial charge in [-0.05, 0) is 0 Å². The molecule has 0 bridgehead atoms. The Morgan fingerprint density at radius 3 is 0.909 bits per heavy atom. The molecule has 16 heteroatoms. The van der Waals surface area contributed by atoms with Crippen LogP contribution in [0.1, 0.15) is 0 Å². The molecule has 0 radical (unpaired) electrons. The maximum atomic E-state index is 13.3. The minimum Gasteiger partial charge on any atom is -0.745 e. The summed E-state index contributed by atoms with van der Waals surface area (Å²) in [6.07, 6.45) is 0. The SMILES string of the molecule is O=S(=O)([O-])C1(F)C(F)(F)C(F)(F)C(F)(F)C(F)(F)C1(F)F.[Na+]. The van der Waals surface area contributed by atoms with Crippen LogP contribution in [0.15, 0.2) is 0 Å². The van der Waals surface area contributed by atoms with Crippen LogP contribution in [-0.2, 0) is 10.1 Å². The van der Waals surface area contributed by atoms with E-state index in [4.69, 9.17) is 0 Å². The van der Waals surface area contributed by atoms with Crippen LogP contribution in [0.25, 0.3) is 0 Å². The van der Waals surface area contributed by atoms with Gasteiger partial charge in [0.1, 0.15) is 10.1 Å². The molecule has 0 aliphatic heterocycles. The molecule has 0 heterocycles. The van der Waals surface area contributed by atoms with Crippen molar-refractivity contribution in [2.45, 2.75) is 34.6 Å². The van der Waals surface area contributed by atoms with E-state index in [-0.39, 0.29) is 29.6 Å². The summed E-state index contributed by atoms with van der Waals surface area (Å²) in [6.45, 7) is 0. The maximum Gasteiger partial charge on any atom is 1.00 e. The van der Waals surface area contributed by atoms with Crippen LogP contribution in [-0.4, -0.2) is 47.6 Å². The molecule has 1 aliphatic rings. The molecular formula is C6F11NaO3S. The summed E-state index contributed by atoms with van der Waals surface area (Å²) in [5.41, 5.74) is 0. The molecule has 0 amide bonds. The van der Waals surface area contributed by atoms with Gasteiger partial charge in [0.15, 0.2) is 0 Å². The minimum atomic E-state index is -7.94. The summed E-state index contributed by atoms with van der Waals surface area (Å²) in [5, 5.41) is -7.50. The third-order valence-electron chi connectivity index (χ3n) is 2.73. The van der Waals surface area contributed by atoms with E-state index >= 15 is 0 Å². The van der Waals surface area contributed by atoms with E-state index in [0.717, 1.165) is 0 Å². The predicted octanol–water partition coefficient (Wildman–Crippen LogP) is -0.608. The van der Waals surface area contributed by atoms with E-state index in [0.29, 0.717) is 0 Å².